The molecular weight excluding hydrogens is 406 g/mol. The maximum atomic E-state index is 10.9. The van der Waals surface area contributed by atoms with Gasteiger partial charge in [0.05, 0.1) is 18.7 Å². The SMILES string of the molecule is CCc1cc(N2CC[C@@H](Oc3ccc4ncccc4c3)[C@H](O)C2)nc(N2CCOCC2)n1. The highest BCUT2D eigenvalue weighted by Crippen LogP contribution is 2.26. The summed E-state index contributed by atoms with van der Waals surface area (Å²) in [5.74, 6) is 2.38. The number of morpholine rings is 1. The summed E-state index contributed by atoms with van der Waals surface area (Å²) in [6.07, 6.45) is 2.46. The highest BCUT2D eigenvalue weighted by molar-refractivity contribution is 5.79. The summed E-state index contributed by atoms with van der Waals surface area (Å²) in [5.41, 5.74) is 1.94. The van der Waals surface area contributed by atoms with Crippen molar-refractivity contribution in [3.8, 4) is 5.75 Å². The summed E-state index contributed by atoms with van der Waals surface area (Å²) in [5, 5.41) is 11.9. The molecule has 2 aromatic heterocycles. The van der Waals surface area contributed by atoms with Crippen molar-refractivity contribution in [1.82, 2.24) is 15.0 Å². The van der Waals surface area contributed by atoms with Crippen molar-refractivity contribution in [2.75, 3.05) is 49.2 Å². The number of benzene rings is 1. The summed E-state index contributed by atoms with van der Waals surface area (Å²) >= 11 is 0. The summed E-state index contributed by atoms with van der Waals surface area (Å²) < 4.78 is 11.6. The number of hydrogen-bond acceptors (Lipinski definition) is 8. The van der Waals surface area contributed by atoms with Crippen molar-refractivity contribution >= 4 is 22.7 Å². The molecule has 5 rings (SSSR count). The Kier molecular flexibility index (Phi) is 6.05. The van der Waals surface area contributed by atoms with E-state index in [2.05, 4.69) is 21.7 Å². The number of aliphatic hydroxyl groups excluding tert-OH is 1. The first-order valence-electron chi connectivity index (χ1n) is 11.3. The van der Waals surface area contributed by atoms with Gasteiger partial charge in [-0.2, -0.15) is 4.98 Å². The lowest BCUT2D eigenvalue weighted by Crippen LogP contribution is -2.49. The molecule has 3 aromatic rings. The third-order valence-electron chi connectivity index (χ3n) is 6.12. The van der Waals surface area contributed by atoms with E-state index in [1.54, 1.807) is 6.20 Å². The van der Waals surface area contributed by atoms with Crippen molar-refractivity contribution in [3.63, 3.8) is 0 Å². The molecule has 168 valence electrons. The predicted octanol–water partition coefficient (Wildman–Crippen LogP) is 2.44. The summed E-state index contributed by atoms with van der Waals surface area (Å²) in [4.78, 5) is 18.2. The van der Waals surface area contributed by atoms with Crippen LogP contribution >= 0.6 is 0 Å². The van der Waals surface area contributed by atoms with E-state index in [1.807, 2.05) is 36.4 Å². The van der Waals surface area contributed by atoms with E-state index < -0.39 is 6.10 Å². The van der Waals surface area contributed by atoms with Gasteiger partial charge in [0, 0.05) is 55.9 Å². The number of anilines is 2. The number of ether oxygens (including phenoxy) is 2. The van der Waals surface area contributed by atoms with Gasteiger partial charge in [-0.1, -0.05) is 13.0 Å². The zero-order chi connectivity index (χ0) is 21.9. The fourth-order valence-electron chi connectivity index (χ4n) is 4.27. The minimum atomic E-state index is -0.611. The second kappa shape index (κ2) is 9.26. The van der Waals surface area contributed by atoms with Gasteiger partial charge in [-0.05, 0) is 30.7 Å². The number of aliphatic hydroxyl groups is 1. The molecule has 0 saturated carbocycles. The fourth-order valence-corrected chi connectivity index (χ4v) is 4.27. The molecule has 2 saturated heterocycles. The van der Waals surface area contributed by atoms with Crippen LogP contribution in [0.2, 0.25) is 0 Å². The van der Waals surface area contributed by atoms with E-state index in [0.29, 0.717) is 26.2 Å². The second-order valence-corrected chi connectivity index (χ2v) is 8.29. The Hall–Kier alpha value is -2.97. The molecule has 2 fully saturated rings. The van der Waals surface area contributed by atoms with Gasteiger partial charge >= 0.3 is 0 Å². The van der Waals surface area contributed by atoms with Crippen LogP contribution in [0.1, 0.15) is 19.0 Å². The third kappa shape index (κ3) is 4.47. The number of β-amino-alcohol motifs (C(OH)–C–C–N with tert-alkyl or cyclic N) is 1. The molecule has 8 nitrogen and oxygen atoms in total. The van der Waals surface area contributed by atoms with Gasteiger partial charge in [0.15, 0.2) is 0 Å². The topological polar surface area (TPSA) is 83.8 Å². The average molecular weight is 436 g/mol. The molecule has 2 aliphatic heterocycles. The van der Waals surface area contributed by atoms with Crippen LogP contribution in [-0.4, -0.2) is 71.7 Å². The van der Waals surface area contributed by atoms with Gasteiger partial charge in [-0.15, -0.1) is 0 Å². The van der Waals surface area contributed by atoms with Crippen LogP contribution in [0, 0.1) is 0 Å². The van der Waals surface area contributed by atoms with Gasteiger partial charge < -0.3 is 24.4 Å². The van der Waals surface area contributed by atoms with Crippen LogP contribution in [0.5, 0.6) is 5.75 Å². The van der Waals surface area contributed by atoms with E-state index in [1.165, 1.54) is 0 Å². The Labute approximate surface area is 187 Å². The first-order chi connectivity index (χ1) is 15.7. The molecule has 4 heterocycles. The van der Waals surface area contributed by atoms with Crippen LogP contribution < -0.4 is 14.5 Å². The molecular formula is C24H29N5O3. The van der Waals surface area contributed by atoms with E-state index in [4.69, 9.17) is 19.4 Å². The monoisotopic (exact) mass is 435 g/mol. The number of fused-ring (bicyclic) bond motifs is 1. The standard InChI is InChI=1S/C24H29N5O3/c1-2-18-15-23(27-24(26-18)28-10-12-31-13-11-28)29-9-7-22(21(30)16-29)32-19-5-6-20-17(14-19)4-3-8-25-20/h3-6,8,14-15,21-22,30H,2,7,9-13,16H2,1H3/t21-,22-/m1/s1. The Bertz CT molecular complexity index is 1070. The summed E-state index contributed by atoms with van der Waals surface area (Å²) in [7, 11) is 0. The Balaban J connectivity index is 1.29. The summed E-state index contributed by atoms with van der Waals surface area (Å²) in [6, 6.07) is 11.8. The van der Waals surface area contributed by atoms with Crippen molar-refractivity contribution in [2.24, 2.45) is 0 Å². The Morgan fingerprint density at radius 3 is 2.78 bits per heavy atom. The van der Waals surface area contributed by atoms with E-state index in [-0.39, 0.29) is 6.10 Å². The lowest BCUT2D eigenvalue weighted by Gasteiger charge is -2.37. The first-order valence-corrected chi connectivity index (χ1v) is 11.3. The molecule has 0 radical (unpaired) electrons. The first kappa shape index (κ1) is 20.9. The molecule has 0 unspecified atom stereocenters. The van der Waals surface area contributed by atoms with Crippen molar-refractivity contribution < 1.29 is 14.6 Å². The smallest absolute Gasteiger partial charge is 0.227 e. The summed E-state index contributed by atoms with van der Waals surface area (Å²) in [6.45, 7) is 6.33. The molecule has 1 aromatic carbocycles. The maximum Gasteiger partial charge on any atom is 0.227 e. The van der Waals surface area contributed by atoms with Crippen molar-refractivity contribution in [3.05, 3.63) is 48.3 Å². The highest BCUT2D eigenvalue weighted by atomic mass is 16.5. The normalized spacial score (nSPS) is 21.7. The number of nitrogens with zero attached hydrogens (tertiary/aromatic N) is 5. The third-order valence-corrected chi connectivity index (χ3v) is 6.12. The van der Waals surface area contributed by atoms with Crippen LogP contribution in [0.4, 0.5) is 11.8 Å². The minimum Gasteiger partial charge on any atom is -0.488 e. The molecule has 1 N–H and O–H groups in total. The second-order valence-electron chi connectivity index (χ2n) is 8.29. The van der Waals surface area contributed by atoms with Crippen LogP contribution in [0.3, 0.4) is 0 Å². The molecule has 0 aliphatic carbocycles. The van der Waals surface area contributed by atoms with Crippen LogP contribution in [-0.2, 0) is 11.2 Å². The highest BCUT2D eigenvalue weighted by Gasteiger charge is 2.31. The maximum absolute atomic E-state index is 10.9. The zero-order valence-corrected chi connectivity index (χ0v) is 18.4. The molecule has 2 atom stereocenters. The minimum absolute atomic E-state index is 0.258. The zero-order valence-electron chi connectivity index (χ0n) is 18.4. The van der Waals surface area contributed by atoms with Gasteiger partial charge in [0.25, 0.3) is 0 Å². The lowest BCUT2D eigenvalue weighted by molar-refractivity contribution is 0.0241. The molecule has 2 aliphatic rings. The van der Waals surface area contributed by atoms with Crippen molar-refractivity contribution in [1.29, 1.82) is 0 Å². The van der Waals surface area contributed by atoms with Crippen LogP contribution in [0.15, 0.2) is 42.6 Å². The van der Waals surface area contributed by atoms with Crippen molar-refractivity contribution in [2.45, 2.75) is 32.0 Å². The molecule has 8 heteroatoms. The van der Waals surface area contributed by atoms with E-state index >= 15 is 0 Å². The number of aryl methyl sites for hydroxylation is 1. The molecule has 0 spiro atoms. The largest absolute Gasteiger partial charge is 0.488 e. The Morgan fingerprint density at radius 1 is 1.09 bits per heavy atom. The number of aromatic nitrogens is 3. The van der Waals surface area contributed by atoms with Gasteiger partial charge in [0.2, 0.25) is 5.95 Å². The van der Waals surface area contributed by atoms with Gasteiger partial charge in [-0.25, -0.2) is 4.98 Å². The lowest BCUT2D eigenvalue weighted by atomic mass is 10.0. The number of pyridine rings is 1. The van der Waals surface area contributed by atoms with Gasteiger partial charge in [0.1, 0.15) is 23.8 Å². The predicted molar refractivity (Wildman–Crippen MR) is 123 cm³/mol. The number of rotatable bonds is 5. The Morgan fingerprint density at radius 2 is 1.97 bits per heavy atom. The van der Waals surface area contributed by atoms with Crippen LogP contribution in [0.25, 0.3) is 10.9 Å². The van der Waals surface area contributed by atoms with E-state index in [0.717, 1.165) is 60.2 Å². The molecule has 0 bridgehead atoms. The quantitative estimate of drug-likeness (QED) is 0.654. The average Bonchev–Trinajstić information content (AvgIpc) is 2.85. The number of hydrogen-bond donors (Lipinski definition) is 1. The fraction of sp³-hybridized carbons (Fsp3) is 0.458. The van der Waals surface area contributed by atoms with E-state index in [9.17, 15) is 5.11 Å². The molecule has 32 heavy (non-hydrogen) atoms. The van der Waals surface area contributed by atoms with Gasteiger partial charge in [-0.3, -0.25) is 4.98 Å². The molecule has 0 amide bonds. The number of piperidine rings is 1.